The minimum atomic E-state index is 0.516. The Hall–Kier alpha value is -0.790. The van der Waals surface area contributed by atoms with E-state index < -0.39 is 0 Å². The molecule has 0 aromatic rings. The highest BCUT2D eigenvalue weighted by Gasteiger charge is 2.56. The standard InChI is InChI=1S/C20H31NO/c1-19-10-4-5-17(19)16-7-6-14-13-15(21-22-3)8-12-20(14,2)18(16)9-11-19/h4,10,14,16-18H,5-9,11-13H2,1-3H3/b21-15-/t14-,16+,17+,18+,19+,20+/m1/s1. The van der Waals surface area contributed by atoms with Crippen LogP contribution in [0.2, 0.25) is 0 Å². The Morgan fingerprint density at radius 1 is 1.14 bits per heavy atom. The van der Waals surface area contributed by atoms with Crippen LogP contribution in [0.1, 0.15) is 65.2 Å². The molecule has 4 rings (SSSR count). The van der Waals surface area contributed by atoms with Crippen LogP contribution >= 0.6 is 0 Å². The predicted octanol–water partition coefficient (Wildman–Crippen LogP) is 5.20. The van der Waals surface area contributed by atoms with E-state index in [1.165, 1.54) is 50.7 Å². The largest absolute Gasteiger partial charge is 0.399 e. The van der Waals surface area contributed by atoms with E-state index in [1.807, 2.05) is 0 Å². The molecular formula is C20H31NO. The maximum Gasteiger partial charge on any atom is 0.106 e. The van der Waals surface area contributed by atoms with Crippen molar-refractivity contribution >= 4 is 5.71 Å². The molecule has 22 heavy (non-hydrogen) atoms. The third-order valence-electron chi connectivity index (χ3n) is 8.05. The molecule has 4 aliphatic rings. The van der Waals surface area contributed by atoms with Gasteiger partial charge < -0.3 is 4.84 Å². The summed E-state index contributed by atoms with van der Waals surface area (Å²) in [5, 5.41) is 4.28. The average molecular weight is 301 g/mol. The topological polar surface area (TPSA) is 21.6 Å². The molecule has 0 amide bonds. The summed E-state index contributed by atoms with van der Waals surface area (Å²) in [7, 11) is 1.69. The summed E-state index contributed by atoms with van der Waals surface area (Å²) >= 11 is 0. The van der Waals surface area contributed by atoms with E-state index in [9.17, 15) is 0 Å². The molecule has 0 bridgehead atoms. The third kappa shape index (κ3) is 2.02. The molecule has 0 N–H and O–H groups in total. The minimum Gasteiger partial charge on any atom is -0.399 e. The molecule has 122 valence electrons. The second kappa shape index (κ2) is 5.11. The van der Waals surface area contributed by atoms with E-state index in [2.05, 4.69) is 31.2 Å². The van der Waals surface area contributed by atoms with Crippen molar-refractivity contribution in [1.82, 2.24) is 0 Å². The van der Waals surface area contributed by atoms with E-state index in [0.29, 0.717) is 10.8 Å². The lowest BCUT2D eigenvalue weighted by Crippen LogP contribution is -2.52. The molecule has 6 atom stereocenters. The first-order chi connectivity index (χ1) is 10.6. The van der Waals surface area contributed by atoms with Gasteiger partial charge in [0.15, 0.2) is 0 Å². The zero-order valence-corrected chi connectivity index (χ0v) is 14.5. The van der Waals surface area contributed by atoms with Crippen molar-refractivity contribution in [2.45, 2.75) is 65.2 Å². The number of nitrogens with zero attached hydrogens (tertiary/aromatic N) is 1. The Balaban J connectivity index is 1.58. The van der Waals surface area contributed by atoms with Gasteiger partial charge in [0.25, 0.3) is 0 Å². The third-order valence-corrected chi connectivity index (χ3v) is 8.05. The van der Waals surface area contributed by atoms with Gasteiger partial charge in [0.05, 0.1) is 5.71 Å². The van der Waals surface area contributed by atoms with Crippen molar-refractivity contribution < 1.29 is 4.84 Å². The molecule has 2 heteroatoms. The summed E-state index contributed by atoms with van der Waals surface area (Å²) in [5.74, 6) is 3.69. The van der Waals surface area contributed by atoms with Crippen LogP contribution in [0.5, 0.6) is 0 Å². The zero-order valence-electron chi connectivity index (χ0n) is 14.5. The summed E-state index contributed by atoms with van der Waals surface area (Å²) in [6.07, 6.45) is 15.8. The predicted molar refractivity (Wildman–Crippen MR) is 90.7 cm³/mol. The highest BCUT2D eigenvalue weighted by atomic mass is 16.6. The monoisotopic (exact) mass is 301 g/mol. The Bertz CT molecular complexity index is 510. The fourth-order valence-electron chi connectivity index (χ4n) is 6.75. The van der Waals surface area contributed by atoms with Crippen molar-refractivity contribution in [3.05, 3.63) is 12.2 Å². The van der Waals surface area contributed by atoms with E-state index in [0.717, 1.165) is 30.1 Å². The van der Waals surface area contributed by atoms with Gasteiger partial charge in [-0.2, -0.15) is 0 Å². The number of fused-ring (bicyclic) bond motifs is 5. The van der Waals surface area contributed by atoms with Crippen molar-refractivity contribution in [1.29, 1.82) is 0 Å². The summed E-state index contributed by atoms with van der Waals surface area (Å²) in [6.45, 7) is 5.14. The maximum absolute atomic E-state index is 5.05. The van der Waals surface area contributed by atoms with Gasteiger partial charge in [0.2, 0.25) is 0 Å². The summed E-state index contributed by atoms with van der Waals surface area (Å²) < 4.78 is 0. The van der Waals surface area contributed by atoms with E-state index in [1.54, 1.807) is 7.11 Å². The number of hydrogen-bond donors (Lipinski definition) is 0. The van der Waals surface area contributed by atoms with Gasteiger partial charge in [-0.25, -0.2) is 0 Å². The minimum absolute atomic E-state index is 0.516. The number of oxime groups is 1. The van der Waals surface area contributed by atoms with Crippen LogP contribution < -0.4 is 0 Å². The van der Waals surface area contributed by atoms with Gasteiger partial charge in [0.1, 0.15) is 7.11 Å². The second-order valence-electron chi connectivity index (χ2n) is 8.88. The average Bonchev–Trinajstić information content (AvgIpc) is 2.89. The van der Waals surface area contributed by atoms with Gasteiger partial charge in [-0.05, 0) is 85.9 Å². The summed E-state index contributed by atoms with van der Waals surface area (Å²) in [4.78, 5) is 5.05. The normalized spacial score (nSPS) is 52.0. The van der Waals surface area contributed by atoms with Gasteiger partial charge in [0, 0.05) is 0 Å². The molecule has 2 nitrogen and oxygen atoms in total. The van der Waals surface area contributed by atoms with Crippen LogP contribution in [-0.4, -0.2) is 12.8 Å². The van der Waals surface area contributed by atoms with Crippen molar-refractivity contribution in [2.75, 3.05) is 7.11 Å². The molecule has 3 fully saturated rings. The number of allylic oxidation sites excluding steroid dienone is 2. The smallest absolute Gasteiger partial charge is 0.106 e. The van der Waals surface area contributed by atoms with Gasteiger partial charge in [-0.15, -0.1) is 0 Å². The number of rotatable bonds is 1. The molecule has 4 aliphatic carbocycles. The van der Waals surface area contributed by atoms with Crippen LogP contribution in [0, 0.1) is 34.5 Å². The van der Waals surface area contributed by atoms with Crippen LogP contribution in [0.3, 0.4) is 0 Å². The van der Waals surface area contributed by atoms with Crippen LogP contribution in [0.15, 0.2) is 17.3 Å². The molecular weight excluding hydrogens is 270 g/mol. The summed E-state index contributed by atoms with van der Waals surface area (Å²) in [5.41, 5.74) is 2.38. The van der Waals surface area contributed by atoms with E-state index in [-0.39, 0.29) is 0 Å². The Morgan fingerprint density at radius 2 is 2.00 bits per heavy atom. The number of hydrogen-bond acceptors (Lipinski definition) is 2. The molecule has 0 saturated heterocycles. The molecule has 0 unspecified atom stereocenters. The van der Waals surface area contributed by atoms with Crippen molar-refractivity contribution in [3.63, 3.8) is 0 Å². The van der Waals surface area contributed by atoms with Crippen LogP contribution in [0.4, 0.5) is 0 Å². The van der Waals surface area contributed by atoms with E-state index >= 15 is 0 Å². The lowest BCUT2D eigenvalue weighted by Gasteiger charge is -2.59. The Kier molecular flexibility index (Phi) is 3.43. The first-order valence-corrected chi connectivity index (χ1v) is 9.33. The lowest BCUT2D eigenvalue weighted by atomic mass is 9.45. The molecule has 0 heterocycles. The Labute approximate surface area is 135 Å². The van der Waals surface area contributed by atoms with E-state index in [4.69, 9.17) is 4.84 Å². The molecule has 3 saturated carbocycles. The van der Waals surface area contributed by atoms with Crippen molar-refractivity contribution in [3.8, 4) is 0 Å². The van der Waals surface area contributed by atoms with Gasteiger partial charge in [-0.1, -0.05) is 31.2 Å². The SMILES string of the molecule is CO/N=C1/CC[C@@]2(C)[C@H](CC[C@@H]3[C@@H]2CC[C@]2(C)C=CC[C@@H]32)C1. The fourth-order valence-corrected chi connectivity index (χ4v) is 6.75. The first-order valence-electron chi connectivity index (χ1n) is 9.33. The molecule has 0 aromatic heterocycles. The van der Waals surface area contributed by atoms with Gasteiger partial charge in [-0.3, -0.25) is 0 Å². The molecule has 0 aromatic carbocycles. The quantitative estimate of drug-likeness (QED) is 0.482. The fraction of sp³-hybridized carbons (Fsp3) is 0.850. The molecule has 0 radical (unpaired) electrons. The molecule has 0 aliphatic heterocycles. The maximum atomic E-state index is 5.05. The lowest BCUT2D eigenvalue weighted by molar-refractivity contribution is -0.0856. The summed E-state index contributed by atoms with van der Waals surface area (Å²) in [6, 6.07) is 0. The Morgan fingerprint density at radius 3 is 2.82 bits per heavy atom. The highest BCUT2D eigenvalue weighted by Crippen LogP contribution is 2.64. The van der Waals surface area contributed by atoms with Crippen LogP contribution in [0.25, 0.3) is 0 Å². The van der Waals surface area contributed by atoms with Crippen LogP contribution in [-0.2, 0) is 4.84 Å². The second-order valence-corrected chi connectivity index (χ2v) is 8.88. The van der Waals surface area contributed by atoms with Crippen molar-refractivity contribution in [2.24, 2.45) is 39.7 Å². The highest BCUT2D eigenvalue weighted by molar-refractivity contribution is 5.85. The zero-order chi connectivity index (χ0) is 15.4. The molecule has 0 spiro atoms. The first kappa shape index (κ1) is 14.8. The van der Waals surface area contributed by atoms with Gasteiger partial charge >= 0.3 is 0 Å².